The fourth-order valence-electron chi connectivity index (χ4n) is 4.54. The Morgan fingerprint density at radius 1 is 1.02 bits per heavy atom. The number of nitrogens with one attached hydrogen (secondary N) is 1. The van der Waals surface area contributed by atoms with Crippen LogP contribution in [0.4, 0.5) is 5.69 Å². The van der Waals surface area contributed by atoms with Crippen LogP contribution in [-0.2, 0) is 26.2 Å². The number of hydrogen-bond acceptors (Lipinski definition) is 7. The van der Waals surface area contributed by atoms with E-state index in [1.54, 1.807) is 30.2 Å². The normalized spacial score (nSPS) is 13.3. The lowest BCUT2D eigenvalue weighted by molar-refractivity contribution is -0.141. The van der Waals surface area contributed by atoms with E-state index < -0.39 is 16.1 Å². The van der Waals surface area contributed by atoms with Gasteiger partial charge in [-0.05, 0) is 49.1 Å². The summed E-state index contributed by atoms with van der Waals surface area (Å²) < 4.78 is 43.0. The van der Waals surface area contributed by atoms with Crippen LogP contribution in [0, 0.1) is 0 Å². The van der Waals surface area contributed by atoms with Gasteiger partial charge in [0.25, 0.3) is 0 Å². The van der Waals surface area contributed by atoms with Gasteiger partial charge in [-0.1, -0.05) is 32.4 Å². The van der Waals surface area contributed by atoms with Gasteiger partial charge in [0.15, 0.2) is 11.5 Å². The molecule has 0 fully saturated rings. The molecular formula is C29H41N3O7S. The summed E-state index contributed by atoms with van der Waals surface area (Å²) in [6.07, 6.45) is 3.74. The fraction of sp³-hybridized carbons (Fsp3) is 0.517. The molecule has 220 valence electrons. The van der Waals surface area contributed by atoms with Gasteiger partial charge in [-0.2, -0.15) is 0 Å². The maximum absolute atomic E-state index is 13.6. The standard InChI is InChI=1S/C29H41N3O7S/c1-5-7-16-30-29(34)25(6-2)31(21-22-10-13-24(37-3)14-11-22)28(33)9-8-17-32(40(4,35)36)23-12-15-26-27(20-23)39-19-18-38-26/h10-15,20,25H,5-9,16-19,21H2,1-4H3,(H,30,34)/t25-/m1/s1. The quantitative estimate of drug-likeness (QED) is 0.322. The van der Waals surface area contributed by atoms with E-state index in [1.807, 2.05) is 38.1 Å². The lowest BCUT2D eigenvalue weighted by atomic mass is 10.1. The molecule has 0 bridgehead atoms. The average Bonchev–Trinajstić information content (AvgIpc) is 2.94. The predicted molar refractivity (Wildman–Crippen MR) is 154 cm³/mol. The molecule has 3 rings (SSSR count). The van der Waals surface area contributed by atoms with E-state index in [0.717, 1.165) is 24.7 Å². The third-order valence-corrected chi connectivity index (χ3v) is 7.89. The summed E-state index contributed by atoms with van der Waals surface area (Å²) in [5.74, 6) is 1.34. The Morgan fingerprint density at radius 2 is 1.73 bits per heavy atom. The number of ether oxygens (including phenoxy) is 3. The van der Waals surface area contributed by atoms with Crippen molar-refractivity contribution < 1.29 is 32.2 Å². The molecule has 2 aromatic carbocycles. The van der Waals surface area contributed by atoms with Gasteiger partial charge in [0.1, 0.15) is 25.0 Å². The second kappa shape index (κ2) is 14.8. The van der Waals surface area contributed by atoms with Crippen LogP contribution < -0.4 is 23.8 Å². The van der Waals surface area contributed by atoms with Crippen LogP contribution >= 0.6 is 0 Å². The van der Waals surface area contributed by atoms with Crippen LogP contribution in [0.3, 0.4) is 0 Å². The zero-order valence-corrected chi connectivity index (χ0v) is 24.7. The predicted octanol–water partition coefficient (Wildman–Crippen LogP) is 3.74. The largest absolute Gasteiger partial charge is 0.497 e. The van der Waals surface area contributed by atoms with Crippen molar-refractivity contribution in [1.29, 1.82) is 0 Å². The second-order valence-electron chi connectivity index (χ2n) is 9.70. The maximum Gasteiger partial charge on any atom is 0.242 e. The van der Waals surface area contributed by atoms with Gasteiger partial charge in [0, 0.05) is 32.1 Å². The molecular weight excluding hydrogens is 534 g/mol. The summed E-state index contributed by atoms with van der Waals surface area (Å²) in [6, 6.07) is 11.7. The van der Waals surface area contributed by atoms with Gasteiger partial charge in [0.2, 0.25) is 21.8 Å². The Labute approximate surface area is 237 Å². The summed E-state index contributed by atoms with van der Waals surface area (Å²) in [6.45, 7) is 5.65. The van der Waals surface area contributed by atoms with Crippen LogP contribution in [0.25, 0.3) is 0 Å². The number of amides is 2. The number of sulfonamides is 1. The Morgan fingerprint density at radius 3 is 2.35 bits per heavy atom. The molecule has 11 heteroatoms. The monoisotopic (exact) mass is 575 g/mol. The fourth-order valence-corrected chi connectivity index (χ4v) is 5.50. The molecule has 0 saturated heterocycles. The smallest absolute Gasteiger partial charge is 0.242 e. The van der Waals surface area contributed by atoms with Crippen molar-refractivity contribution >= 4 is 27.5 Å². The summed E-state index contributed by atoms with van der Waals surface area (Å²) in [5.41, 5.74) is 1.30. The molecule has 2 aromatic rings. The van der Waals surface area contributed by atoms with E-state index in [0.29, 0.717) is 49.1 Å². The number of hydrogen-bond donors (Lipinski definition) is 1. The number of nitrogens with zero attached hydrogens (tertiary/aromatic N) is 2. The SMILES string of the molecule is CCCCNC(=O)[C@@H](CC)N(Cc1ccc(OC)cc1)C(=O)CCCN(c1ccc2c(c1)OCCO2)S(C)(=O)=O. The molecule has 0 saturated carbocycles. The van der Waals surface area contributed by atoms with Crippen LogP contribution in [0.1, 0.15) is 51.5 Å². The molecule has 1 aliphatic rings. The summed E-state index contributed by atoms with van der Waals surface area (Å²) in [7, 11) is -2.04. The van der Waals surface area contributed by atoms with Crippen molar-refractivity contribution in [2.75, 3.05) is 44.0 Å². The maximum atomic E-state index is 13.6. The molecule has 1 heterocycles. The van der Waals surface area contributed by atoms with E-state index in [4.69, 9.17) is 14.2 Å². The minimum absolute atomic E-state index is 0.0749. The third kappa shape index (κ3) is 8.51. The minimum Gasteiger partial charge on any atom is -0.497 e. The number of fused-ring (bicyclic) bond motifs is 1. The van der Waals surface area contributed by atoms with Gasteiger partial charge in [0.05, 0.1) is 19.1 Å². The van der Waals surface area contributed by atoms with Crippen molar-refractivity contribution in [3.8, 4) is 17.2 Å². The van der Waals surface area contributed by atoms with Crippen LogP contribution in [0.5, 0.6) is 17.2 Å². The van der Waals surface area contributed by atoms with Crippen molar-refractivity contribution in [1.82, 2.24) is 10.2 Å². The topological polar surface area (TPSA) is 114 Å². The molecule has 0 aliphatic carbocycles. The Balaban J connectivity index is 1.75. The van der Waals surface area contributed by atoms with Gasteiger partial charge < -0.3 is 24.4 Å². The molecule has 10 nitrogen and oxygen atoms in total. The number of carbonyl (C=O) groups excluding carboxylic acids is 2. The first-order valence-corrected chi connectivity index (χ1v) is 15.6. The summed E-state index contributed by atoms with van der Waals surface area (Å²) in [4.78, 5) is 28.2. The highest BCUT2D eigenvalue weighted by Gasteiger charge is 2.29. The van der Waals surface area contributed by atoms with E-state index in [9.17, 15) is 18.0 Å². The highest BCUT2D eigenvalue weighted by atomic mass is 32.2. The molecule has 1 atom stereocenters. The average molecular weight is 576 g/mol. The Bertz CT molecular complexity index is 1230. The zero-order chi connectivity index (χ0) is 29.1. The van der Waals surface area contributed by atoms with E-state index >= 15 is 0 Å². The minimum atomic E-state index is -3.63. The first-order chi connectivity index (χ1) is 19.2. The Hall–Kier alpha value is -3.47. The second-order valence-corrected chi connectivity index (χ2v) is 11.6. The zero-order valence-electron chi connectivity index (χ0n) is 23.9. The van der Waals surface area contributed by atoms with Crippen molar-refractivity contribution in [3.05, 3.63) is 48.0 Å². The molecule has 2 amide bonds. The molecule has 1 N–H and O–H groups in total. The number of methoxy groups -OCH3 is 1. The van der Waals surface area contributed by atoms with Crippen LogP contribution in [-0.4, -0.2) is 70.8 Å². The highest BCUT2D eigenvalue weighted by molar-refractivity contribution is 7.92. The van der Waals surface area contributed by atoms with E-state index in [2.05, 4.69) is 5.32 Å². The van der Waals surface area contributed by atoms with Gasteiger partial charge in [-0.3, -0.25) is 13.9 Å². The van der Waals surface area contributed by atoms with Crippen LogP contribution in [0.15, 0.2) is 42.5 Å². The highest BCUT2D eigenvalue weighted by Crippen LogP contribution is 2.34. The number of rotatable bonds is 15. The summed E-state index contributed by atoms with van der Waals surface area (Å²) in [5, 5.41) is 2.95. The number of anilines is 1. The first-order valence-electron chi connectivity index (χ1n) is 13.7. The van der Waals surface area contributed by atoms with E-state index in [-0.39, 0.29) is 37.7 Å². The van der Waals surface area contributed by atoms with Crippen molar-refractivity contribution in [2.24, 2.45) is 0 Å². The third-order valence-electron chi connectivity index (χ3n) is 6.69. The molecule has 0 radical (unpaired) electrons. The number of unbranched alkanes of at least 4 members (excludes halogenated alkanes) is 1. The molecule has 0 unspecified atom stereocenters. The summed E-state index contributed by atoms with van der Waals surface area (Å²) >= 11 is 0. The lowest BCUT2D eigenvalue weighted by Crippen LogP contribution is -2.49. The number of benzene rings is 2. The van der Waals surface area contributed by atoms with E-state index in [1.165, 1.54) is 4.31 Å². The molecule has 1 aliphatic heterocycles. The van der Waals surface area contributed by atoms with Gasteiger partial charge in [-0.25, -0.2) is 8.42 Å². The first kappa shape index (κ1) is 31.1. The molecule has 40 heavy (non-hydrogen) atoms. The number of carbonyl (C=O) groups is 2. The van der Waals surface area contributed by atoms with Gasteiger partial charge in [-0.15, -0.1) is 0 Å². The van der Waals surface area contributed by atoms with Crippen molar-refractivity contribution in [2.45, 2.75) is 58.5 Å². The Kier molecular flexibility index (Phi) is 11.5. The van der Waals surface area contributed by atoms with Crippen molar-refractivity contribution in [3.63, 3.8) is 0 Å². The van der Waals surface area contributed by atoms with Crippen LogP contribution in [0.2, 0.25) is 0 Å². The van der Waals surface area contributed by atoms with Gasteiger partial charge >= 0.3 is 0 Å². The lowest BCUT2D eigenvalue weighted by Gasteiger charge is -2.31. The molecule has 0 aromatic heterocycles. The molecule has 0 spiro atoms.